The summed E-state index contributed by atoms with van der Waals surface area (Å²) in [6, 6.07) is 0. The number of likely N-dealkylation sites (tertiary alicyclic amines) is 1. The number of primary amides is 1. The lowest BCUT2D eigenvalue weighted by atomic mass is 9.97. The first-order valence-corrected chi connectivity index (χ1v) is 8.68. The topological polar surface area (TPSA) is 72.6 Å². The second-order valence-corrected chi connectivity index (χ2v) is 6.75. The van der Waals surface area contributed by atoms with Crippen LogP contribution in [0.3, 0.4) is 0 Å². The first kappa shape index (κ1) is 15.5. The molecule has 2 rings (SSSR count). The molecule has 20 heavy (non-hydrogen) atoms. The molecule has 0 unspecified atom stereocenters. The number of carbonyl (C=O) groups excluding carboxylic acids is 2. The van der Waals surface area contributed by atoms with Crippen molar-refractivity contribution in [3.63, 3.8) is 0 Å². The van der Waals surface area contributed by atoms with E-state index in [4.69, 9.17) is 10.5 Å². The van der Waals surface area contributed by atoms with Gasteiger partial charge in [-0.15, -0.1) is 0 Å². The molecule has 0 radical (unpaired) electrons. The van der Waals surface area contributed by atoms with Crippen LogP contribution in [-0.4, -0.2) is 47.6 Å². The van der Waals surface area contributed by atoms with Crippen LogP contribution in [0.4, 0.5) is 4.79 Å². The Morgan fingerprint density at radius 1 is 1.20 bits per heavy atom. The van der Waals surface area contributed by atoms with Crippen LogP contribution in [0.15, 0.2) is 0 Å². The predicted molar refractivity (Wildman–Crippen MR) is 79.5 cm³/mol. The fraction of sp³-hybridized carbons (Fsp3) is 0.857. The number of hydrogen-bond donors (Lipinski definition) is 1. The third kappa shape index (κ3) is 3.81. The van der Waals surface area contributed by atoms with E-state index in [9.17, 15) is 9.59 Å². The first-order valence-electron chi connectivity index (χ1n) is 7.39. The van der Waals surface area contributed by atoms with Crippen LogP contribution in [0.5, 0.6) is 0 Å². The quantitative estimate of drug-likeness (QED) is 0.865. The molecular weight excluding hydrogens is 276 g/mol. The highest BCUT2D eigenvalue weighted by atomic mass is 32.2. The molecule has 2 fully saturated rings. The molecule has 6 heteroatoms. The van der Waals surface area contributed by atoms with Gasteiger partial charge in [0.1, 0.15) is 6.10 Å². The molecule has 114 valence electrons. The standard InChI is InChI=1S/C14H24N2O3S/c1-20-12-7-3-2-6-11(12)19-14(18)16-8-4-5-10(9-16)13(15)17/h10-12H,2-9H2,1H3,(H2,15,17)/t10-,11+,12+/m0/s1. The molecule has 5 nitrogen and oxygen atoms in total. The van der Waals surface area contributed by atoms with E-state index in [0.717, 1.165) is 32.1 Å². The van der Waals surface area contributed by atoms with Gasteiger partial charge in [0.25, 0.3) is 0 Å². The third-order valence-corrected chi connectivity index (χ3v) is 5.42. The molecule has 3 atom stereocenters. The van der Waals surface area contributed by atoms with Crippen molar-refractivity contribution in [2.75, 3.05) is 19.3 Å². The third-order valence-electron chi connectivity index (χ3n) is 4.28. The maximum atomic E-state index is 12.2. The van der Waals surface area contributed by atoms with Gasteiger partial charge in [0.2, 0.25) is 5.91 Å². The molecule has 2 amide bonds. The first-order chi connectivity index (χ1) is 9.61. The Morgan fingerprint density at radius 3 is 2.65 bits per heavy atom. The van der Waals surface area contributed by atoms with Crippen LogP contribution < -0.4 is 5.73 Å². The lowest BCUT2D eigenvalue weighted by molar-refractivity contribution is -0.123. The van der Waals surface area contributed by atoms with Crippen LogP contribution in [0, 0.1) is 5.92 Å². The Hall–Kier alpha value is -0.910. The lowest BCUT2D eigenvalue weighted by Crippen LogP contribution is -2.46. The van der Waals surface area contributed by atoms with Crippen molar-refractivity contribution in [1.82, 2.24) is 4.90 Å². The molecule has 2 N–H and O–H groups in total. The van der Waals surface area contributed by atoms with Crippen molar-refractivity contribution in [2.24, 2.45) is 11.7 Å². The summed E-state index contributed by atoms with van der Waals surface area (Å²) in [5.74, 6) is -0.541. The van der Waals surface area contributed by atoms with Crippen molar-refractivity contribution >= 4 is 23.8 Å². The number of hydrogen-bond acceptors (Lipinski definition) is 4. The summed E-state index contributed by atoms with van der Waals surface area (Å²) in [6.45, 7) is 1.07. The predicted octanol–water partition coefficient (Wildman–Crippen LogP) is 1.99. The summed E-state index contributed by atoms with van der Waals surface area (Å²) in [5.41, 5.74) is 5.34. The summed E-state index contributed by atoms with van der Waals surface area (Å²) in [7, 11) is 0. The van der Waals surface area contributed by atoms with Gasteiger partial charge in [-0.25, -0.2) is 4.79 Å². The smallest absolute Gasteiger partial charge is 0.410 e. The van der Waals surface area contributed by atoms with E-state index in [-0.39, 0.29) is 24.0 Å². The van der Waals surface area contributed by atoms with Gasteiger partial charge >= 0.3 is 6.09 Å². The minimum atomic E-state index is -0.317. The van der Waals surface area contributed by atoms with Crippen LogP contribution in [0.2, 0.25) is 0 Å². The largest absolute Gasteiger partial charge is 0.445 e. The molecule has 0 bridgehead atoms. The summed E-state index contributed by atoms with van der Waals surface area (Å²) in [4.78, 5) is 25.1. The van der Waals surface area contributed by atoms with Crippen LogP contribution >= 0.6 is 11.8 Å². The number of rotatable bonds is 3. The van der Waals surface area contributed by atoms with Crippen LogP contribution in [0.25, 0.3) is 0 Å². The number of nitrogens with zero attached hydrogens (tertiary/aromatic N) is 1. The Balaban J connectivity index is 1.88. The van der Waals surface area contributed by atoms with Gasteiger partial charge < -0.3 is 15.4 Å². The number of amides is 2. The van der Waals surface area contributed by atoms with Gasteiger partial charge in [-0.1, -0.05) is 6.42 Å². The van der Waals surface area contributed by atoms with Crippen molar-refractivity contribution in [3.8, 4) is 0 Å². The Labute approximate surface area is 124 Å². The molecule has 0 aromatic rings. The summed E-state index contributed by atoms with van der Waals surface area (Å²) >= 11 is 1.78. The maximum absolute atomic E-state index is 12.2. The van der Waals surface area contributed by atoms with Gasteiger partial charge in [-0.05, 0) is 38.4 Å². The summed E-state index contributed by atoms with van der Waals surface area (Å²) < 4.78 is 5.68. The number of nitrogens with two attached hydrogens (primary N) is 1. The van der Waals surface area contributed by atoms with Crippen LogP contribution in [0.1, 0.15) is 38.5 Å². The van der Waals surface area contributed by atoms with Crippen molar-refractivity contribution in [3.05, 3.63) is 0 Å². The lowest BCUT2D eigenvalue weighted by Gasteiger charge is -2.34. The highest BCUT2D eigenvalue weighted by Gasteiger charge is 2.32. The van der Waals surface area contributed by atoms with Gasteiger partial charge in [-0.3, -0.25) is 4.79 Å². The van der Waals surface area contributed by atoms with E-state index in [1.54, 1.807) is 16.7 Å². The molecule has 1 saturated heterocycles. The molecular formula is C14H24N2O3S. The monoisotopic (exact) mass is 300 g/mol. The molecule has 2 aliphatic rings. The SMILES string of the molecule is CS[C@@H]1CCCC[C@H]1OC(=O)N1CCC[C@H](C(N)=O)C1. The maximum Gasteiger partial charge on any atom is 0.410 e. The zero-order valence-electron chi connectivity index (χ0n) is 12.0. The van der Waals surface area contributed by atoms with Crippen molar-refractivity contribution < 1.29 is 14.3 Å². The number of ether oxygens (including phenoxy) is 1. The average molecular weight is 300 g/mol. The van der Waals surface area contributed by atoms with Gasteiger partial charge in [-0.2, -0.15) is 11.8 Å². The van der Waals surface area contributed by atoms with E-state index >= 15 is 0 Å². The van der Waals surface area contributed by atoms with E-state index in [2.05, 4.69) is 6.26 Å². The average Bonchev–Trinajstić information content (AvgIpc) is 2.48. The number of piperidine rings is 1. The van der Waals surface area contributed by atoms with Crippen molar-refractivity contribution in [1.29, 1.82) is 0 Å². The summed E-state index contributed by atoms with van der Waals surface area (Å²) in [6.07, 6.45) is 7.80. The van der Waals surface area contributed by atoms with E-state index in [1.165, 1.54) is 6.42 Å². The molecule has 1 aliphatic carbocycles. The van der Waals surface area contributed by atoms with E-state index in [1.807, 2.05) is 0 Å². The molecule has 0 aromatic heterocycles. The Morgan fingerprint density at radius 2 is 1.95 bits per heavy atom. The van der Waals surface area contributed by atoms with E-state index in [0.29, 0.717) is 18.3 Å². The molecule has 1 saturated carbocycles. The van der Waals surface area contributed by atoms with Gasteiger partial charge in [0.05, 0.1) is 5.92 Å². The van der Waals surface area contributed by atoms with Gasteiger partial charge in [0, 0.05) is 18.3 Å². The highest BCUT2D eigenvalue weighted by molar-refractivity contribution is 7.99. The zero-order valence-corrected chi connectivity index (χ0v) is 12.9. The molecule has 1 aliphatic heterocycles. The Kier molecular flexibility index (Phi) is 5.57. The second kappa shape index (κ2) is 7.20. The zero-order chi connectivity index (χ0) is 14.5. The minimum absolute atomic E-state index is 0.0141. The summed E-state index contributed by atoms with van der Waals surface area (Å²) in [5, 5.41) is 0.407. The fourth-order valence-electron chi connectivity index (χ4n) is 3.05. The Bertz CT molecular complexity index is 364. The normalized spacial score (nSPS) is 30.9. The second-order valence-electron chi connectivity index (χ2n) is 5.67. The number of carbonyl (C=O) groups is 2. The fourth-order valence-corrected chi connectivity index (χ4v) is 3.94. The molecule has 1 heterocycles. The van der Waals surface area contributed by atoms with E-state index < -0.39 is 0 Å². The minimum Gasteiger partial charge on any atom is -0.445 e. The molecule has 0 aromatic carbocycles. The van der Waals surface area contributed by atoms with Crippen LogP contribution in [-0.2, 0) is 9.53 Å². The van der Waals surface area contributed by atoms with Crippen molar-refractivity contribution in [2.45, 2.75) is 49.9 Å². The number of thioether (sulfide) groups is 1. The molecule has 0 spiro atoms. The van der Waals surface area contributed by atoms with Gasteiger partial charge in [0.15, 0.2) is 0 Å². The highest BCUT2D eigenvalue weighted by Crippen LogP contribution is 2.30.